The van der Waals surface area contributed by atoms with Gasteiger partial charge in [0.15, 0.2) is 17.3 Å². The molecule has 1 aromatic carbocycles. The van der Waals surface area contributed by atoms with E-state index in [1.165, 1.54) is 10.4 Å². The van der Waals surface area contributed by atoms with Crippen LogP contribution >= 0.6 is 11.3 Å². The van der Waals surface area contributed by atoms with E-state index >= 15 is 0 Å². The van der Waals surface area contributed by atoms with Crippen LogP contribution in [0.5, 0.6) is 11.5 Å². The van der Waals surface area contributed by atoms with Gasteiger partial charge in [-0.25, -0.2) is 9.97 Å². The van der Waals surface area contributed by atoms with Gasteiger partial charge in [-0.1, -0.05) is 0 Å². The molecule has 130 valence electrons. The Morgan fingerprint density at radius 2 is 2.08 bits per heavy atom. The van der Waals surface area contributed by atoms with Crippen LogP contribution in [-0.4, -0.2) is 29.9 Å². The van der Waals surface area contributed by atoms with Gasteiger partial charge in [0.1, 0.15) is 11.2 Å². The molecule has 0 spiro atoms. The third kappa shape index (κ3) is 3.56. The van der Waals surface area contributed by atoms with Gasteiger partial charge in [-0.2, -0.15) is 5.10 Å². The van der Waals surface area contributed by atoms with E-state index in [2.05, 4.69) is 34.3 Å². The van der Waals surface area contributed by atoms with Crippen LogP contribution in [0, 0.1) is 13.8 Å². The summed E-state index contributed by atoms with van der Waals surface area (Å²) in [5, 5.41) is 5.33. The standard InChI is InChI=1S/C18H20N4O2S/c1-5-24-14-7-6-13(8-15(14)23-4)9-21-22-17-16-11(2)12(3)25-18(16)20-10-19-17/h6-10H,5H2,1-4H3,(H,19,20,22). The highest BCUT2D eigenvalue weighted by atomic mass is 32.1. The van der Waals surface area contributed by atoms with Gasteiger partial charge in [0.2, 0.25) is 0 Å². The molecule has 0 aliphatic heterocycles. The molecule has 0 unspecified atom stereocenters. The monoisotopic (exact) mass is 356 g/mol. The van der Waals surface area contributed by atoms with Gasteiger partial charge in [0.25, 0.3) is 0 Å². The number of aromatic nitrogens is 2. The average molecular weight is 356 g/mol. The van der Waals surface area contributed by atoms with Crippen molar-refractivity contribution in [2.45, 2.75) is 20.8 Å². The fourth-order valence-electron chi connectivity index (χ4n) is 2.47. The molecule has 3 aromatic rings. The second kappa shape index (κ2) is 7.48. The van der Waals surface area contributed by atoms with Gasteiger partial charge in [0.05, 0.1) is 25.3 Å². The summed E-state index contributed by atoms with van der Waals surface area (Å²) in [6.07, 6.45) is 3.27. The average Bonchev–Trinajstić information content (AvgIpc) is 2.91. The molecular formula is C18H20N4O2S. The molecular weight excluding hydrogens is 336 g/mol. The van der Waals surface area contributed by atoms with Crippen molar-refractivity contribution in [3.05, 3.63) is 40.5 Å². The number of hydrogen-bond donors (Lipinski definition) is 1. The van der Waals surface area contributed by atoms with Crippen molar-refractivity contribution in [3.8, 4) is 11.5 Å². The summed E-state index contributed by atoms with van der Waals surface area (Å²) >= 11 is 1.66. The Balaban J connectivity index is 1.82. The molecule has 0 aliphatic rings. The van der Waals surface area contributed by atoms with E-state index in [-0.39, 0.29) is 0 Å². The molecule has 6 nitrogen and oxygen atoms in total. The fraction of sp³-hybridized carbons (Fsp3) is 0.278. The van der Waals surface area contributed by atoms with Gasteiger partial charge < -0.3 is 9.47 Å². The number of rotatable bonds is 6. The normalized spacial score (nSPS) is 11.2. The van der Waals surface area contributed by atoms with Crippen molar-refractivity contribution in [3.63, 3.8) is 0 Å². The molecule has 0 bridgehead atoms. The van der Waals surface area contributed by atoms with Crippen LogP contribution in [0.4, 0.5) is 5.82 Å². The van der Waals surface area contributed by atoms with E-state index in [0.29, 0.717) is 18.2 Å². The molecule has 0 saturated carbocycles. The van der Waals surface area contributed by atoms with E-state index in [0.717, 1.165) is 21.5 Å². The maximum atomic E-state index is 5.52. The highest BCUT2D eigenvalue weighted by Gasteiger charge is 2.11. The van der Waals surface area contributed by atoms with Crippen molar-refractivity contribution in [2.24, 2.45) is 5.10 Å². The van der Waals surface area contributed by atoms with Gasteiger partial charge in [0, 0.05) is 4.88 Å². The lowest BCUT2D eigenvalue weighted by Crippen LogP contribution is -1.98. The predicted molar refractivity (Wildman–Crippen MR) is 102 cm³/mol. The predicted octanol–water partition coefficient (Wildman–Crippen LogP) is 4.16. The van der Waals surface area contributed by atoms with Crippen LogP contribution in [0.25, 0.3) is 10.2 Å². The Morgan fingerprint density at radius 1 is 1.24 bits per heavy atom. The number of nitrogens with zero attached hydrogens (tertiary/aromatic N) is 3. The van der Waals surface area contributed by atoms with Crippen LogP contribution < -0.4 is 14.9 Å². The largest absolute Gasteiger partial charge is 0.493 e. The van der Waals surface area contributed by atoms with Gasteiger partial charge >= 0.3 is 0 Å². The lowest BCUT2D eigenvalue weighted by atomic mass is 10.2. The first-order chi connectivity index (χ1) is 12.1. The fourth-order valence-corrected chi connectivity index (χ4v) is 3.47. The first-order valence-electron chi connectivity index (χ1n) is 7.94. The zero-order chi connectivity index (χ0) is 17.8. The second-order valence-electron chi connectivity index (χ2n) is 5.40. The molecule has 25 heavy (non-hydrogen) atoms. The third-order valence-corrected chi connectivity index (χ3v) is 4.95. The minimum Gasteiger partial charge on any atom is -0.493 e. The minimum atomic E-state index is 0.592. The number of benzene rings is 1. The second-order valence-corrected chi connectivity index (χ2v) is 6.60. The van der Waals surface area contributed by atoms with Crippen LogP contribution in [0.3, 0.4) is 0 Å². The van der Waals surface area contributed by atoms with Crippen molar-refractivity contribution in [1.82, 2.24) is 9.97 Å². The number of methoxy groups -OCH3 is 1. The van der Waals surface area contributed by atoms with E-state index < -0.39 is 0 Å². The van der Waals surface area contributed by atoms with E-state index in [1.807, 2.05) is 25.1 Å². The van der Waals surface area contributed by atoms with E-state index in [1.54, 1.807) is 31.0 Å². The molecule has 3 rings (SSSR count). The van der Waals surface area contributed by atoms with Crippen molar-refractivity contribution in [1.29, 1.82) is 0 Å². The molecule has 2 aromatic heterocycles. The lowest BCUT2D eigenvalue weighted by molar-refractivity contribution is 0.311. The lowest BCUT2D eigenvalue weighted by Gasteiger charge is -2.09. The van der Waals surface area contributed by atoms with Crippen molar-refractivity contribution >= 4 is 33.6 Å². The summed E-state index contributed by atoms with van der Waals surface area (Å²) in [7, 11) is 1.62. The van der Waals surface area contributed by atoms with E-state index in [9.17, 15) is 0 Å². The minimum absolute atomic E-state index is 0.592. The maximum absolute atomic E-state index is 5.52. The number of fused-ring (bicyclic) bond motifs is 1. The molecule has 0 aliphatic carbocycles. The summed E-state index contributed by atoms with van der Waals surface area (Å²) < 4.78 is 10.9. The quantitative estimate of drug-likeness (QED) is 0.530. The Bertz CT molecular complexity index is 921. The smallest absolute Gasteiger partial charge is 0.161 e. The first kappa shape index (κ1) is 17.2. The van der Waals surface area contributed by atoms with Crippen LogP contribution in [-0.2, 0) is 0 Å². The summed E-state index contributed by atoms with van der Waals surface area (Å²) in [5.41, 5.74) is 5.10. The Morgan fingerprint density at radius 3 is 2.84 bits per heavy atom. The number of hydrogen-bond acceptors (Lipinski definition) is 7. The van der Waals surface area contributed by atoms with Crippen molar-refractivity contribution < 1.29 is 9.47 Å². The number of anilines is 1. The summed E-state index contributed by atoms with van der Waals surface area (Å²) in [6.45, 7) is 6.69. The molecule has 0 radical (unpaired) electrons. The number of thiophene rings is 1. The zero-order valence-corrected chi connectivity index (χ0v) is 15.5. The maximum Gasteiger partial charge on any atom is 0.161 e. The van der Waals surface area contributed by atoms with Crippen LogP contribution in [0.2, 0.25) is 0 Å². The van der Waals surface area contributed by atoms with Gasteiger partial charge in [-0.05, 0) is 50.1 Å². The molecule has 7 heteroatoms. The first-order valence-corrected chi connectivity index (χ1v) is 8.76. The van der Waals surface area contributed by atoms with Crippen LogP contribution in [0.15, 0.2) is 29.6 Å². The van der Waals surface area contributed by atoms with Gasteiger partial charge in [-0.3, -0.25) is 5.43 Å². The topological polar surface area (TPSA) is 68.6 Å². The highest BCUT2D eigenvalue weighted by Crippen LogP contribution is 2.32. The number of aryl methyl sites for hydroxylation is 2. The summed E-state index contributed by atoms with van der Waals surface area (Å²) in [5.74, 6) is 2.11. The summed E-state index contributed by atoms with van der Waals surface area (Å²) in [4.78, 5) is 10.8. The number of hydrazone groups is 1. The molecule has 1 N–H and O–H groups in total. The number of nitrogens with one attached hydrogen (secondary N) is 1. The van der Waals surface area contributed by atoms with Crippen molar-refractivity contribution in [2.75, 3.05) is 19.1 Å². The highest BCUT2D eigenvalue weighted by molar-refractivity contribution is 7.18. The van der Waals surface area contributed by atoms with Crippen LogP contribution in [0.1, 0.15) is 22.9 Å². The van der Waals surface area contributed by atoms with E-state index in [4.69, 9.17) is 9.47 Å². The Kier molecular flexibility index (Phi) is 5.14. The molecule has 0 atom stereocenters. The molecule has 0 amide bonds. The third-order valence-electron chi connectivity index (χ3n) is 3.84. The summed E-state index contributed by atoms with van der Waals surface area (Å²) in [6, 6.07) is 5.68. The molecule has 0 saturated heterocycles. The zero-order valence-electron chi connectivity index (χ0n) is 14.7. The SMILES string of the molecule is CCOc1ccc(C=NNc2ncnc3sc(C)c(C)c23)cc1OC. The van der Waals surface area contributed by atoms with Gasteiger partial charge in [-0.15, -0.1) is 11.3 Å². The molecule has 2 heterocycles. The Labute approximate surface area is 150 Å². The Hall–Kier alpha value is -2.67. The number of ether oxygens (including phenoxy) is 2. The molecule has 0 fully saturated rings.